The lowest BCUT2D eigenvalue weighted by atomic mass is 10.1. The third kappa shape index (κ3) is 13.3. The van der Waals surface area contributed by atoms with Crippen LogP contribution in [0.5, 0.6) is 0 Å². The van der Waals surface area contributed by atoms with Crippen LogP contribution >= 0.6 is 12.6 Å². The highest BCUT2D eigenvalue weighted by molar-refractivity contribution is 7.80. The minimum atomic E-state index is -1.21. The number of amides is 2. The minimum absolute atomic E-state index is 0.00673. The summed E-state index contributed by atoms with van der Waals surface area (Å²) in [6.07, 6.45) is 2.12. The van der Waals surface area contributed by atoms with Crippen LogP contribution in [0.3, 0.4) is 0 Å². The number of hydrogen-bond acceptors (Lipinski definition) is 9. The number of unbranched alkanes of at least 4 members (excludes halogenated alkanes) is 1. The number of nitrogens with two attached hydrogens (primary N) is 2. The second-order valence-corrected chi connectivity index (χ2v) is 6.96. The molecule has 0 fully saturated rings. The smallest absolute Gasteiger partial charge is 0.322 e. The summed E-state index contributed by atoms with van der Waals surface area (Å²) >= 11 is 3.98. The Morgan fingerprint density at radius 3 is 2.13 bits per heavy atom. The summed E-state index contributed by atoms with van der Waals surface area (Å²) in [6, 6.07) is -2.02. The van der Waals surface area contributed by atoms with E-state index in [9.17, 15) is 24.3 Å². The number of rotatable bonds is 18. The first-order chi connectivity index (χ1) is 14.2. The summed E-state index contributed by atoms with van der Waals surface area (Å²) in [6.45, 7) is 1.58. The summed E-state index contributed by atoms with van der Waals surface area (Å²) in [4.78, 5) is 46.1. The summed E-state index contributed by atoms with van der Waals surface area (Å²) < 4.78 is 0. The molecule has 0 bridgehead atoms. The largest absolute Gasteiger partial charge is 0.480 e. The topological polar surface area (TPSA) is 200 Å². The van der Waals surface area contributed by atoms with Crippen LogP contribution in [-0.4, -0.2) is 89.5 Å². The van der Waals surface area contributed by atoms with Gasteiger partial charge in [0, 0.05) is 25.3 Å². The van der Waals surface area contributed by atoms with Gasteiger partial charge in [-0.2, -0.15) is 12.6 Å². The van der Waals surface area contributed by atoms with E-state index >= 15 is 0 Å². The van der Waals surface area contributed by atoms with Crippen LogP contribution in [0, 0.1) is 0 Å². The van der Waals surface area contributed by atoms with E-state index in [1.165, 1.54) is 0 Å². The predicted octanol–water partition coefficient (Wildman–Crippen LogP) is -2.27. The number of carboxylic acid groups (broad SMARTS) is 2. The number of aliphatic carboxylic acids is 2. The van der Waals surface area contributed by atoms with E-state index < -0.39 is 42.4 Å². The average Bonchev–Trinajstić information content (AvgIpc) is 2.70. The molecule has 2 amide bonds. The van der Waals surface area contributed by atoms with Gasteiger partial charge in [0.2, 0.25) is 11.8 Å². The van der Waals surface area contributed by atoms with Gasteiger partial charge in [-0.25, -0.2) is 10.4 Å². The summed E-state index contributed by atoms with van der Waals surface area (Å²) in [5, 5.41) is 24.4. The van der Waals surface area contributed by atoms with E-state index in [0.717, 1.165) is 12.8 Å². The van der Waals surface area contributed by atoms with Crippen molar-refractivity contribution in [2.75, 3.05) is 38.5 Å². The van der Waals surface area contributed by atoms with Gasteiger partial charge >= 0.3 is 11.9 Å². The Hall–Kier alpha value is -1.93. The maximum atomic E-state index is 12.1. The van der Waals surface area contributed by atoms with Gasteiger partial charge in [-0.05, 0) is 38.8 Å². The molecule has 0 saturated heterocycles. The van der Waals surface area contributed by atoms with E-state index in [1.54, 1.807) is 5.01 Å². The van der Waals surface area contributed by atoms with E-state index in [4.69, 9.17) is 16.6 Å². The lowest BCUT2D eigenvalue weighted by molar-refractivity contribution is -0.141. The van der Waals surface area contributed by atoms with Gasteiger partial charge in [-0.15, -0.1) is 0 Å². The van der Waals surface area contributed by atoms with Crippen LogP contribution < -0.4 is 27.5 Å². The highest BCUT2D eigenvalue weighted by atomic mass is 32.1. The Kier molecular flexibility index (Phi) is 15.7. The maximum Gasteiger partial charge on any atom is 0.322 e. The zero-order valence-electron chi connectivity index (χ0n) is 17.0. The normalized spacial score (nSPS) is 12.9. The molecule has 0 aromatic rings. The van der Waals surface area contributed by atoms with Crippen LogP contribution in [0.4, 0.5) is 0 Å². The van der Waals surface area contributed by atoms with Crippen molar-refractivity contribution in [1.82, 2.24) is 21.1 Å². The molecule has 0 aliphatic heterocycles. The van der Waals surface area contributed by atoms with Gasteiger partial charge < -0.3 is 32.3 Å². The summed E-state index contributed by atoms with van der Waals surface area (Å²) in [5.74, 6) is -3.57. The zero-order valence-corrected chi connectivity index (χ0v) is 17.9. The average molecular weight is 451 g/mol. The lowest BCUT2D eigenvalue weighted by Crippen LogP contribution is -2.51. The first-order valence-electron chi connectivity index (χ1n) is 9.78. The Morgan fingerprint density at radius 2 is 1.60 bits per heavy atom. The van der Waals surface area contributed by atoms with Crippen molar-refractivity contribution in [3.63, 3.8) is 0 Å². The SMILES string of the molecule is NCCCCN(CCCN)N[C@@H](CCC(=O)N[C@@H](CS)C(=O)NCC(=O)O)C(=O)O. The highest BCUT2D eigenvalue weighted by Crippen LogP contribution is 2.03. The van der Waals surface area contributed by atoms with Gasteiger partial charge in [0.25, 0.3) is 0 Å². The monoisotopic (exact) mass is 450 g/mol. The number of carboxylic acids is 2. The second-order valence-electron chi connectivity index (χ2n) is 6.60. The van der Waals surface area contributed by atoms with E-state index in [1.807, 2.05) is 0 Å². The molecule has 30 heavy (non-hydrogen) atoms. The number of hydrazine groups is 1. The molecule has 12 nitrogen and oxygen atoms in total. The Labute approximate surface area is 181 Å². The quantitative estimate of drug-likeness (QED) is 0.0639. The number of nitrogens with zero attached hydrogens (tertiary/aromatic N) is 1. The van der Waals surface area contributed by atoms with Crippen LogP contribution in [0.2, 0.25) is 0 Å². The molecule has 0 rings (SSSR count). The van der Waals surface area contributed by atoms with E-state index in [0.29, 0.717) is 32.6 Å². The molecule has 0 spiro atoms. The molecule has 0 saturated carbocycles. The first kappa shape index (κ1) is 28.1. The highest BCUT2D eigenvalue weighted by Gasteiger charge is 2.24. The molecule has 9 N–H and O–H groups in total. The molecule has 2 atom stereocenters. The lowest BCUT2D eigenvalue weighted by Gasteiger charge is -2.27. The van der Waals surface area contributed by atoms with Crippen molar-refractivity contribution in [3.8, 4) is 0 Å². The van der Waals surface area contributed by atoms with Crippen LogP contribution in [0.1, 0.15) is 32.1 Å². The van der Waals surface area contributed by atoms with Gasteiger partial charge in [-0.1, -0.05) is 0 Å². The molecule has 0 heterocycles. The van der Waals surface area contributed by atoms with Crippen LogP contribution in [0.15, 0.2) is 0 Å². The van der Waals surface area contributed by atoms with E-state index in [2.05, 4.69) is 28.7 Å². The van der Waals surface area contributed by atoms with Crippen molar-refractivity contribution >= 4 is 36.4 Å². The standard InChI is InChI=1S/C17H34N6O6S/c18-6-1-2-8-23(9-3-7-19)22-12(17(28)29)4-5-14(24)21-13(11-30)16(27)20-10-15(25)26/h12-13,22,30H,1-11,18-19H2,(H,20,27)(H,21,24)(H,25,26)(H,28,29)/t12-,13-/m0/s1. The van der Waals surface area contributed by atoms with Crippen molar-refractivity contribution in [2.24, 2.45) is 11.5 Å². The molecule has 13 heteroatoms. The minimum Gasteiger partial charge on any atom is -0.480 e. The fourth-order valence-corrected chi connectivity index (χ4v) is 2.71. The van der Waals surface area contributed by atoms with E-state index in [-0.39, 0.29) is 18.6 Å². The molecular weight excluding hydrogens is 416 g/mol. The van der Waals surface area contributed by atoms with Crippen molar-refractivity contribution in [2.45, 2.75) is 44.2 Å². The van der Waals surface area contributed by atoms with Crippen LogP contribution in [-0.2, 0) is 19.2 Å². The first-order valence-corrected chi connectivity index (χ1v) is 10.4. The number of thiol groups is 1. The van der Waals surface area contributed by atoms with Crippen molar-refractivity contribution < 1.29 is 29.4 Å². The molecular formula is C17H34N6O6S. The summed E-state index contributed by atoms with van der Waals surface area (Å²) in [5.41, 5.74) is 13.9. The molecule has 0 aromatic carbocycles. The third-order valence-corrected chi connectivity index (χ3v) is 4.42. The molecule has 0 aliphatic carbocycles. The van der Waals surface area contributed by atoms with Gasteiger partial charge in [0.15, 0.2) is 0 Å². The Balaban J connectivity index is 4.69. The number of carbonyl (C=O) groups is 4. The molecule has 0 aromatic heterocycles. The van der Waals surface area contributed by atoms with Gasteiger partial charge in [0.1, 0.15) is 18.6 Å². The van der Waals surface area contributed by atoms with Crippen LogP contribution in [0.25, 0.3) is 0 Å². The molecule has 174 valence electrons. The molecule has 0 radical (unpaired) electrons. The fourth-order valence-electron chi connectivity index (χ4n) is 2.46. The predicted molar refractivity (Wildman–Crippen MR) is 114 cm³/mol. The van der Waals surface area contributed by atoms with Crippen molar-refractivity contribution in [1.29, 1.82) is 0 Å². The third-order valence-electron chi connectivity index (χ3n) is 4.06. The Bertz CT molecular complexity index is 553. The molecule has 0 aliphatic rings. The number of nitrogens with one attached hydrogen (secondary N) is 3. The second kappa shape index (κ2) is 16.8. The Morgan fingerprint density at radius 1 is 0.967 bits per heavy atom. The summed E-state index contributed by atoms with van der Waals surface area (Å²) in [7, 11) is 0. The number of hydrogen-bond donors (Lipinski definition) is 8. The van der Waals surface area contributed by atoms with Gasteiger partial charge in [0.05, 0.1) is 0 Å². The fraction of sp³-hybridized carbons (Fsp3) is 0.765. The van der Waals surface area contributed by atoms with Crippen molar-refractivity contribution in [3.05, 3.63) is 0 Å². The maximum absolute atomic E-state index is 12.1. The van der Waals surface area contributed by atoms with Gasteiger partial charge in [-0.3, -0.25) is 19.2 Å². The molecule has 0 unspecified atom stereocenters. The zero-order chi connectivity index (χ0) is 22.9. The number of carbonyl (C=O) groups excluding carboxylic acids is 2.